The number of fused-ring (bicyclic) bond motifs is 7. The molecule has 5 aliphatic rings. The highest BCUT2D eigenvalue weighted by molar-refractivity contribution is 5.92. The molecule has 5 rings (SSSR count). The fourth-order valence-electron chi connectivity index (χ4n) is 8.26. The molecule has 8 atom stereocenters. The molecule has 1 saturated heterocycles. The van der Waals surface area contributed by atoms with Gasteiger partial charge >= 0.3 is 5.97 Å². The van der Waals surface area contributed by atoms with E-state index in [0.29, 0.717) is 30.8 Å². The van der Waals surface area contributed by atoms with Crippen LogP contribution in [-0.2, 0) is 23.8 Å². The van der Waals surface area contributed by atoms with Gasteiger partial charge in [-0.15, -0.1) is 0 Å². The Morgan fingerprint density at radius 2 is 2.00 bits per heavy atom. The van der Waals surface area contributed by atoms with Gasteiger partial charge in [-0.1, -0.05) is 25.5 Å². The minimum Gasteiger partial charge on any atom is -0.462 e. The molecule has 0 radical (unpaired) electrons. The van der Waals surface area contributed by atoms with Gasteiger partial charge in [0.15, 0.2) is 11.4 Å². The number of epoxide rings is 1. The zero-order chi connectivity index (χ0) is 21.3. The van der Waals surface area contributed by atoms with Crippen molar-refractivity contribution in [2.75, 3.05) is 13.7 Å². The lowest BCUT2D eigenvalue weighted by atomic mass is 9.47. The molecule has 30 heavy (non-hydrogen) atoms. The van der Waals surface area contributed by atoms with Crippen LogP contribution in [0, 0.1) is 28.6 Å². The monoisotopic (exact) mass is 416 g/mol. The molecule has 1 heterocycles. The molecule has 0 aromatic rings. The third-order valence-electron chi connectivity index (χ3n) is 9.77. The molecule has 166 valence electrons. The summed E-state index contributed by atoms with van der Waals surface area (Å²) in [6, 6.07) is 0. The predicted octanol–water partition coefficient (Wildman–Crippen LogP) is 4.23. The number of Topliss-reactive ketones (excluding diaryl/α,β-unsaturated/α-hetero) is 1. The van der Waals surface area contributed by atoms with Crippen LogP contribution in [0.15, 0.2) is 11.6 Å². The zero-order valence-corrected chi connectivity index (χ0v) is 18.9. The van der Waals surface area contributed by atoms with E-state index in [-0.39, 0.29) is 34.8 Å². The first-order chi connectivity index (χ1) is 14.3. The average molecular weight is 417 g/mol. The van der Waals surface area contributed by atoms with Crippen molar-refractivity contribution in [2.24, 2.45) is 28.6 Å². The number of methoxy groups -OCH3 is 1. The second kappa shape index (κ2) is 6.90. The van der Waals surface area contributed by atoms with E-state index in [2.05, 4.69) is 19.9 Å². The summed E-state index contributed by atoms with van der Waals surface area (Å²) < 4.78 is 16.9. The normalized spacial score (nSPS) is 48.5. The van der Waals surface area contributed by atoms with Crippen LogP contribution < -0.4 is 0 Å². The molecule has 5 nitrogen and oxygen atoms in total. The maximum absolute atomic E-state index is 13.1. The minimum absolute atomic E-state index is 0.0414. The van der Waals surface area contributed by atoms with Crippen molar-refractivity contribution in [3.63, 3.8) is 0 Å². The first kappa shape index (κ1) is 20.7. The number of carbonyl (C=O) groups excluding carboxylic acids is 2. The fraction of sp³-hybridized carbons (Fsp3) is 0.840. The van der Waals surface area contributed by atoms with Crippen molar-refractivity contribution in [2.45, 2.75) is 89.9 Å². The summed E-state index contributed by atoms with van der Waals surface area (Å²) in [5.41, 5.74) is 1.14. The van der Waals surface area contributed by atoms with E-state index in [1.165, 1.54) is 18.9 Å². The molecule has 0 unspecified atom stereocenters. The van der Waals surface area contributed by atoms with Crippen molar-refractivity contribution in [3.8, 4) is 0 Å². The quantitative estimate of drug-likeness (QED) is 0.381. The first-order valence-corrected chi connectivity index (χ1v) is 11.8. The SMILES string of the molecule is COCCC(=O)[C@@]12O[C@@H]1C[C@@H]1[C@@H]3CC=C4C[C@H](OC(C)=O)CC[C@]4(C)[C@H]3CC[C@@]12C. The smallest absolute Gasteiger partial charge is 0.302 e. The number of ether oxygens (including phenoxy) is 3. The Hall–Kier alpha value is -1.20. The van der Waals surface area contributed by atoms with Crippen LogP contribution in [0.3, 0.4) is 0 Å². The van der Waals surface area contributed by atoms with Gasteiger partial charge in [-0.2, -0.15) is 0 Å². The number of esters is 1. The van der Waals surface area contributed by atoms with Gasteiger partial charge in [0.1, 0.15) is 6.10 Å². The highest BCUT2D eigenvalue weighted by Gasteiger charge is 2.79. The molecule has 4 fully saturated rings. The molecule has 0 spiro atoms. The summed E-state index contributed by atoms with van der Waals surface area (Å²) >= 11 is 0. The van der Waals surface area contributed by atoms with E-state index in [9.17, 15) is 9.59 Å². The topological polar surface area (TPSA) is 65.1 Å². The highest BCUT2D eigenvalue weighted by Crippen LogP contribution is 2.73. The number of hydrogen-bond acceptors (Lipinski definition) is 5. The third kappa shape index (κ3) is 2.67. The van der Waals surface area contributed by atoms with Gasteiger partial charge in [0.25, 0.3) is 0 Å². The summed E-state index contributed by atoms with van der Waals surface area (Å²) in [6.07, 6.45) is 10.4. The Balaban J connectivity index is 1.38. The molecule has 1 aliphatic heterocycles. The zero-order valence-electron chi connectivity index (χ0n) is 18.9. The van der Waals surface area contributed by atoms with Gasteiger partial charge in [-0.25, -0.2) is 0 Å². The molecule has 3 saturated carbocycles. The van der Waals surface area contributed by atoms with Crippen molar-refractivity contribution in [3.05, 3.63) is 11.6 Å². The predicted molar refractivity (Wildman–Crippen MR) is 112 cm³/mol. The van der Waals surface area contributed by atoms with E-state index in [0.717, 1.165) is 38.5 Å². The van der Waals surface area contributed by atoms with Gasteiger partial charge in [-0.05, 0) is 61.7 Å². The Labute approximate surface area is 179 Å². The van der Waals surface area contributed by atoms with Crippen LogP contribution >= 0.6 is 0 Å². The van der Waals surface area contributed by atoms with Crippen molar-refractivity contribution < 1.29 is 23.8 Å². The number of allylic oxidation sites excluding steroid dienone is 1. The van der Waals surface area contributed by atoms with E-state index in [1.807, 2.05) is 0 Å². The minimum atomic E-state index is -0.543. The highest BCUT2D eigenvalue weighted by atomic mass is 16.6. The maximum atomic E-state index is 13.1. The molecular weight excluding hydrogens is 380 g/mol. The summed E-state index contributed by atoms with van der Waals surface area (Å²) in [5.74, 6) is 1.95. The van der Waals surface area contributed by atoms with Crippen molar-refractivity contribution in [1.29, 1.82) is 0 Å². The molecule has 0 aromatic heterocycles. The molecular formula is C25H36O5. The molecule has 0 amide bonds. The fourth-order valence-corrected chi connectivity index (χ4v) is 8.26. The molecule has 5 heteroatoms. The molecule has 0 N–H and O–H groups in total. The lowest BCUT2D eigenvalue weighted by Crippen LogP contribution is -2.54. The second-order valence-corrected chi connectivity index (χ2v) is 10.9. The number of rotatable bonds is 5. The van der Waals surface area contributed by atoms with Crippen LogP contribution in [0.1, 0.15) is 72.1 Å². The number of carbonyl (C=O) groups is 2. The summed E-state index contributed by atoms with van der Waals surface area (Å²) in [7, 11) is 1.66. The summed E-state index contributed by atoms with van der Waals surface area (Å²) in [6.45, 7) is 6.79. The Kier molecular flexibility index (Phi) is 4.76. The molecule has 0 bridgehead atoms. The Morgan fingerprint density at radius 3 is 2.73 bits per heavy atom. The van der Waals surface area contributed by atoms with Crippen molar-refractivity contribution in [1.82, 2.24) is 0 Å². The van der Waals surface area contributed by atoms with Gasteiger partial charge in [0.2, 0.25) is 0 Å². The van der Waals surface area contributed by atoms with Crippen LogP contribution in [0.5, 0.6) is 0 Å². The lowest BCUT2D eigenvalue weighted by molar-refractivity contribution is -0.149. The lowest BCUT2D eigenvalue weighted by Gasteiger charge is -2.58. The summed E-state index contributed by atoms with van der Waals surface area (Å²) in [5, 5.41) is 0. The van der Waals surface area contributed by atoms with Gasteiger partial charge < -0.3 is 14.2 Å². The van der Waals surface area contributed by atoms with E-state index < -0.39 is 5.60 Å². The maximum Gasteiger partial charge on any atom is 0.302 e. The van der Waals surface area contributed by atoms with Crippen LogP contribution in [-0.4, -0.2) is 43.3 Å². The number of hydrogen-bond donors (Lipinski definition) is 0. The first-order valence-electron chi connectivity index (χ1n) is 11.8. The van der Waals surface area contributed by atoms with Crippen LogP contribution in [0.4, 0.5) is 0 Å². The molecule has 0 aromatic carbocycles. The van der Waals surface area contributed by atoms with Crippen molar-refractivity contribution >= 4 is 11.8 Å². The van der Waals surface area contributed by atoms with E-state index >= 15 is 0 Å². The standard InChI is InChI=1S/C25H36O5/c1-15(26)29-17-7-10-23(2)16(13-17)5-6-18-19(23)8-11-24(3)20(18)14-22-25(24,30-22)21(27)9-12-28-4/h5,17-20,22H,6-14H2,1-4H3/t17-,18-,19+,20-,22-,23+,24+,25-/m1/s1. The van der Waals surface area contributed by atoms with Gasteiger partial charge in [-0.3, -0.25) is 9.59 Å². The van der Waals surface area contributed by atoms with E-state index in [1.54, 1.807) is 7.11 Å². The van der Waals surface area contributed by atoms with Gasteiger partial charge in [0, 0.05) is 32.3 Å². The van der Waals surface area contributed by atoms with Crippen LogP contribution in [0.2, 0.25) is 0 Å². The Bertz CT molecular complexity index is 788. The average Bonchev–Trinajstić information content (AvgIpc) is 3.38. The second-order valence-electron chi connectivity index (χ2n) is 10.9. The van der Waals surface area contributed by atoms with Gasteiger partial charge in [0.05, 0.1) is 12.7 Å². The largest absolute Gasteiger partial charge is 0.462 e. The van der Waals surface area contributed by atoms with E-state index in [4.69, 9.17) is 14.2 Å². The van der Waals surface area contributed by atoms with Crippen LogP contribution in [0.25, 0.3) is 0 Å². The molecule has 4 aliphatic carbocycles. The third-order valence-corrected chi connectivity index (χ3v) is 9.77. The Morgan fingerprint density at radius 1 is 1.20 bits per heavy atom. The summed E-state index contributed by atoms with van der Waals surface area (Å²) in [4.78, 5) is 24.6. The number of ketones is 1.